The Morgan fingerprint density at radius 1 is 1.18 bits per heavy atom. The van der Waals surface area contributed by atoms with Crippen LogP contribution in [-0.4, -0.2) is 29.5 Å². The topological polar surface area (TPSA) is 78.4 Å². The standard InChI is InChI=1S/C17H24N2O3/c1-17(2,3)12-6-4-11(5-7-12)14(20)10-18-15(21)16(22)19-13-8-9-13/h4-7,13-14,20H,8-10H2,1-3H3,(H,18,21)(H,19,22). The van der Waals surface area contributed by atoms with Crippen molar-refractivity contribution in [2.24, 2.45) is 0 Å². The van der Waals surface area contributed by atoms with Gasteiger partial charge in [0.2, 0.25) is 0 Å². The van der Waals surface area contributed by atoms with Gasteiger partial charge in [0, 0.05) is 12.6 Å². The van der Waals surface area contributed by atoms with E-state index in [1.807, 2.05) is 24.3 Å². The molecular formula is C17H24N2O3. The lowest BCUT2D eigenvalue weighted by atomic mass is 9.86. The van der Waals surface area contributed by atoms with Crippen LogP contribution in [0.4, 0.5) is 0 Å². The van der Waals surface area contributed by atoms with Crippen molar-refractivity contribution in [3.63, 3.8) is 0 Å². The zero-order valence-corrected chi connectivity index (χ0v) is 13.3. The van der Waals surface area contributed by atoms with Gasteiger partial charge in [0.05, 0.1) is 6.10 Å². The summed E-state index contributed by atoms with van der Waals surface area (Å²) in [5.41, 5.74) is 1.95. The summed E-state index contributed by atoms with van der Waals surface area (Å²) in [7, 11) is 0. The summed E-state index contributed by atoms with van der Waals surface area (Å²) in [6.45, 7) is 6.39. The highest BCUT2D eigenvalue weighted by Gasteiger charge is 2.26. The molecule has 0 saturated heterocycles. The van der Waals surface area contributed by atoms with Crippen LogP contribution in [0, 0.1) is 0 Å². The van der Waals surface area contributed by atoms with E-state index in [1.165, 1.54) is 5.56 Å². The maximum absolute atomic E-state index is 11.6. The summed E-state index contributed by atoms with van der Waals surface area (Å²) in [5, 5.41) is 15.2. The number of carbonyl (C=O) groups excluding carboxylic acids is 2. The molecule has 1 atom stereocenters. The predicted octanol–water partition coefficient (Wildman–Crippen LogP) is 1.41. The van der Waals surface area contributed by atoms with Crippen molar-refractivity contribution >= 4 is 11.8 Å². The van der Waals surface area contributed by atoms with Crippen molar-refractivity contribution in [1.82, 2.24) is 10.6 Å². The summed E-state index contributed by atoms with van der Waals surface area (Å²) in [5.74, 6) is -1.32. The van der Waals surface area contributed by atoms with Gasteiger partial charge >= 0.3 is 11.8 Å². The van der Waals surface area contributed by atoms with Gasteiger partial charge in [0.15, 0.2) is 0 Å². The highest BCUT2D eigenvalue weighted by molar-refractivity contribution is 6.35. The summed E-state index contributed by atoms with van der Waals surface area (Å²) >= 11 is 0. The second-order valence-electron chi connectivity index (χ2n) is 6.85. The highest BCUT2D eigenvalue weighted by atomic mass is 16.3. The first-order valence-corrected chi connectivity index (χ1v) is 7.64. The van der Waals surface area contributed by atoms with Crippen LogP contribution in [0.25, 0.3) is 0 Å². The molecule has 1 aromatic rings. The minimum Gasteiger partial charge on any atom is -0.387 e. The summed E-state index contributed by atoms with van der Waals surface area (Å²) in [6.07, 6.45) is 1.04. The molecule has 120 valence electrons. The fourth-order valence-corrected chi connectivity index (χ4v) is 2.07. The molecule has 3 N–H and O–H groups in total. The van der Waals surface area contributed by atoms with Crippen molar-refractivity contribution in [3.05, 3.63) is 35.4 Å². The number of hydrogen-bond acceptors (Lipinski definition) is 3. The van der Waals surface area contributed by atoms with Crippen molar-refractivity contribution in [2.45, 2.75) is 51.2 Å². The van der Waals surface area contributed by atoms with Crippen molar-refractivity contribution in [1.29, 1.82) is 0 Å². The van der Waals surface area contributed by atoms with Gasteiger partial charge in [-0.3, -0.25) is 9.59 Å². The molecular weight excluding hydrogens is 280 g/mol. The fraction of sp³-hybridized carbons (Fsp3) is 0.529. The van der Waals surface area contributed by atoms with Crippen LogP contribution in [0.15, 0.2) is 24.3 Å². The van der Waals surface area contributed by atoms with Crippen LogP contribution in [0.5, 0.6) is 0 Å². The van der Waals surface area contributed by atoms with Gasteiger partial charge in [-0.2, -0.15) is 0 Å². The van der Waals surface area contributed by atoms with Gasteiger partial charge < -0.3 is 15.7 Å². The normalized spacial score (nSPS) is 16.0. The van der Waals surface area contributed by atoms with Crippen LogP contribution in [0.3, 0.4) is 0 Å². The van der Waals surface area contributed by atoms with Crippen LogP contribution in [0.2, 0.25) is 0 Å². The van der Waals surface area contributed by atoms with Crippen molar-refractivity contribution in [3.8, 4) is 0 Å². The van der Waals surface area contributed by atoms with Gasteiger partial charge in [0.1, 0.15) is 0 Å². The molecule has 0 heterocycles. The highest BCUT2D eigenvalue weighted by Crippen LogP contribution is 2.23. The Balaban J connectivity index is 1.84. The van der Waals surface area contributed by atoms with Crippen LogP contribution < -0.4 is 10.6 Å². The summed E-state index contributed by atoms with van der Waals surface area (Å²) < 4.78 is 0. The molecule has 2 amide bonds. The second kappa shape index (κ2) is 6.48. The Hall–Kier alpha value is -1.88. The average Bonchev–Trinajstić information content (AvgIpc) is 3.27. The van der Waals surface area contributed by atoms with Crippen molar-refractivity contribution < 1.29 is 14.7 Å². The Kier molecular flexibility index (Phi) is 4.86. The molecule has 1 fully saturated rings. The Bertz CT molecular complexity index is 542. The lowest BCUT2D eigenvalue weighted by Gasteiger charge is -2.20. The lowest BCUT2D eigenvalue weighted by Crippen LogP contribution is -2.42. The third-order valence-electron chi connectivity index (χ3n) is 3.74. The first-order valence-electron chi connectivity index (χ1n) is 7.64. The molecule has 0 bridgehead atoms. The van der Waals surface area contributed by atoms with Gasteiger partial charge in [0.25, 0.3) is 0 Å². The molecule has 1 aromatic carbocycles. The van der Waals surface area contributed by atoms with E-state index in [4.69, 9.17) is 0 Å². The number of rotatable bonds is 4. The lowest BCUT2D eigenvalue weighted by molar-refractivity contribution is -0.139. The van der Waals surface area contributed by atoms with E-state index < -0.39 is 17.9 Å². The molecule has 5 nitrogen and oxygen atoms in total. The molecule has 1 aliphatic carbocycles. The van der Waals surface area contributed by atoms with E-state index in [9.17, 15) is 14.7 Å². The zero-order chi connectivity index (χ0) is 16.3. The Morgan fingerprint density at radius 2 is 1.77 bits per heavy atom. The van der Waals surface area contributed by atoms with E-state index in [-0.39, 0.29) is 18.0 Å². The van der Waals surface area contributed by atoms with Crippen LogP contribution >= 0.6 is 0 Å². The minimum atomic E-state index is -0.827. The average molecular weight is 304 g/mol. The van der Waals surface area contributed by atoms with Crippen molar-refractivity contribution in [2.75, 3.05) is 6.54 Å². The molecule has 22 heavy (non-hydrogen) atoms. The number of aliphatic hydroxyl groups excluding tert-OH is 1. The third-order valence-corrected chi connectivity index (χ3v) is 3.74. The molecule has 1 saturated carbocycles. The molecule has 0 aromatic heterocycles. The quantitative estimate of drug-likeness (QED) is 0.736. The third kappa shape index (κ3) is 4.56. The number of hydrogen-bond donors (Lipinski definition) is 3. The second-order valence-corrected chi connectivity index (χ2v) is 6.85. The monoisotopic (exact) mass is 304 g/mol. The Labute approximate surface area is 131 Å². The number of aliphatic hydroxyl groups is 1. The minimum absolute atomic E-state index is 0.0196. The number of carbonyl (C=O) groups is 2. The van der Waals surface area contributed by atoms with Gasteiger partial charge in [-0.25, -0.2) is 0 Å². The number of amides is 2. The van der Waals surface area contributed by atoms with E-state index in [0.29, 0.717) is 0 Å². The van der Waals surface area contributed by atoms with Gasteiger partial charge in [-0.05, 0) is 29.4 Å². The van der Waals surface area contributed by atoms with E-state index in [2.05, 4.69) is 31.4 Å². The van der Waals surface area contributed by atoms with Gasteiger partial charge in [-0.15, -0.1) is 0 Å². The van der Waals surface area contributed by atoms with Crippen LogP contribution in [-0.2, 0) is 15.0 Å². The molecule has 5 heteroatoms. The Morgan fingerprint density at radius 3 is 2.27 bits per heavy atom. The molecule has 0 spiro atoms. The molecule has 1 unspecified atom stereocenters. The molecule has 0 radical (unpaired) electrons. The summed E-state index contributed by atoms with van der Waals surface area (Å²) in [6, 6.07) is 7.79. The van der Waals surface area contributed by atoms with E-state index >= 15 is 0 Å². The first kappa shape index (κ1) is 16.5. The van der Waals surface area contributed by atoms with E-state index in [1.54, 1.807) is 0 Å². The van der Waals surface area contributed by atoms with E-state index in [0.717, 1.165) is 18.4 Å². The largest absolute Gasteiger partial charge is 0.387 e. The fourth-order valence-electron chi connectivity index (χ4n) is 2.07. The number of benzene rings is 1. The molecule has 1 aliphatic rings. The predicted molar refractivity (Wildman–Crippen MR) is 84.3 cm³/mol. The SMILES string of the molecule is CC(C)(C)c1ccc(C(O)CNC(=O)C(=O)NC2CC2)cc1. The zero-order valence-electron chi connectivity index (χ0n) is 13.3. The molecule has 2 rings (SSSR count). The smallest absolute Gasteiger partial charge is 0.309 e. The summed E-state index contributed by atoms with van der Waals surface area (Å²) in [4.78, 5) is 23.1. The van der Waals surface area contributed by atoms with Gasteiger partial charge in [-0.1, -0.05) is 45.0 Å². The maximum atomic E-state index is 11.6. The molecule has 0 aliphatic heterocycles. The van der Waals surface area contributed by atoms with Crippen LogP contribution in [0.1, 0.15) is 50.8 Å². The number of nitrogens with one attached hydrogen (secondary N) is 2. The first-order chi connectivity index (χ1) is 10.3. The maximum Gasteiger partial charge on any atom is 0.309 e.